The maximum absolute atomic E-state index is 2.42. The van der Waals surface area contributed by atoms with Crippen molar-refractivity contribution in [2.24, 2.45) is 7.05 Å². The van der Waals surface area contributed by atoms with E-state index in [1.165, 1.54) is 42.1 Å². The van der Waals surface area contributed by atoms with Crippen LogP contribution in [-0.4, -0.2) is 4.57 Å². The van der Waals surface area contributed by atoms with Crippen LogP contribution in [0.15, 0.2) is 36.5 Å². The van der Waals surface area contributed by atoms with Crippen molar-refractivity contribution in [1.82, 2.24) is 4.57 Å². The largest absolute Gasteiger partial charge is 0.350 e. The smallest absolute Gasteiger partial charge is 0.0484 e. The zero-order chi connectivity index (χ0) is 11.0. The van der Waals surface area contributed by atoms with Gasteiger partial charge in [0.1, 0.15) is 0 Å². The lowest BCUT2D eigenvalue weighted by molar-refractivity contribution is 0.742. The molecule has 0 N–H and O–H groups in total. The molecule has 3 rings (SSSR count). The van der Waals surface area contributed by atoms with Crippen LogP contribution in [0.25, 0.3) is 16.5 Å². The molecule has 2 aromatic rings. The Hall–Kier alpha value is -1.50. The molecule has 0 saturated carbocycles. The van der Waals surface area contributed by atoms with Gasteiger partial charge in [-0.25, -0.2) is 0 Å². The van der Waals surface area contributed by atoms with Crippen molar-refractivity contribution in [2.45, 2.75) is 25.7 Å². The summed E-state index contributed by atoms with van der Waals surface area (Å²) in [4.78, 5) is 0. The summed E-state index contributed by atoms with van der Waals surface area (Å²) in [5.41, 5.74) is 4.32. The molecule has 1 aliphatic rings. The van der Waals surface area contributed by atoms with Crippen molar-refractivity contribution in [3.05, 3.63) is 42.1 Å². The zero-order valence-electron chi connectivity index (χ0n) is 9.74. The van der Waals surface area contributed by atoms with Gasteiger partial charge in [-0.05, 0) is 37.3 Å². The fourth-order valence-electron chi connectivity index (χ4n) is 2.68. The van der Waals surface area contributed by atoms with E-state index in [0.29, 0.717) is 0 Å². The van der Waals surface area contributed by atoms with E-state index in [1.807, 2.05) is 0 Å². The first kappa shape index (κ1) is 9.71. The summed E-state index contributed by atoms with van der Waals surface area (Å²) in [6.07, 6.45) is 9.89. The molecule has 16 heavy (non-hydrogen) atoms. The summed E-state index contributed by atoms with van der Waals surface area (Å²) in [6, 6.07) is 8.68. The van der Waals surface area contributed by atoms with Crippen molar-refractivity contribution >= 4 is 16.5 Å². The molecule has 1 heterocycles. The minimum absolute atomic E-state index is 1.24. The first-order chi connectivity index (χ1) is 7.86. The number of nitrogens with zero attached hydrogens (tertiary/aromatic N) is 1. The normalized spacial score (nSPS) is 16.4. The van der Waals surface area contributed by atoms with Gasteiger partial charge in [-0.15, -0.1) is 0 Å². The van der Waals surface area contributed by atoms with E-state index < -0.39 is 0 Å². The highest BCUT2D eigenvalue weighted by molar-refractivity contribution is 5.93. The van der Waals surface area contributed by atoms with Crippen LogP contribution in [0.1, 0.15) is 31.2 Å². The molecular formula is C15H17N. The van der Waals surface area contributed by atoms with Gasteiger partial charge in [-0.1, -0.05) is 24.3 Å². The van der Waals surface area contributed by atoms with Crippen LogP contribution in [0, 0.1) is 0 Å². The molecule has 0 saturated heterocycles. The second-order valence-corrected chi connectivity index (χ2v) is 4.65. The molecule has 0 aliphatic heterocycles. The van der Waals surface area contributed by atoms with Gasteiger partial charge in [-0.3, -0.25) is 0 Å². The highest BCUT2D eigenvalue weighted by Gasteiger charge is 2.11. The van der Waals surface area contributed by atoms with Crippen LogP contribution >= 0.6 is 0 Å². The molecule has 0 bridgehead atoms. The van der Waals surface area contributed by atoms with Gasteiger partial charge in [0, 0.05) is 29.7 Å². The molecule has 0 amide bonds. The third kappa shape index (κ3) is 1.47. The first-order valence-electron chi connectivity index (χ1n) is 6.10. The predicted molar refractivity (Wildman–Crippen MR) is 69.4 cm³/mol. The van der Waals surface area contributed by atoms with E-state index in [-0.39, 0.29) is 0 Å². The predicted octanol–water partition coefficient (Wildman–Crippen LogP) is 4.14. The molecule has 0 atom stereocenters. The third-order valence-corrected chi connectivity index (χ3v) is 3.53. The highest BCUT2D eigenvalue weighted by atomic mass is 14.9. The van der Waals surface area contributed by atoms with Crippen LogP contribution in [-0.2, 0) is 7.05 Å². The number of para-hydroxylation sites is 1. The van der Waals surface area contributed by atoms with Gasteiger partial charge in [0.15, 0.2) is 0 Å². The molecule has 1 aromatic heterocycles. The Morgan fingerprint density at radius 1 is 1.12 bits per heavy atom. The Labute approximate surface area is 96.4 Å². The number of benzene rings is 1. The fraction of sp³-hybridized carbons (Fsp3) is 0.333. The van der Waals surface area contributed by atoms with E-state index in [4.69, 9.17) is 0 Å². The van der Waals surface area contributed by atoms with Gasteiger partial charge >= 0.3 is 0 Å². The number of rotatable bonds is 1. The Balaban J connectivity index is 2.20. The molecule has 1 heteroatoms. The molecule has 0 spiro atoms. The van der Waals surface area contributed by atoms with Crippen molar-refractivity contribution < 1.29 is 0 Å². The maximum atomic E-state index is 2.42. The fourth-order valence-corrected chi connectivity index (χ4v) is 2.68. The van der Waals surface area contributed by atoms with Gasteiger partial charge in [0.05, 0.1) is 0 Å². The van der Waals surface area contributed by atoms with E-state index in [2.05, 4.69) is 48.2 Å². The van der Waals surface area contributed by atoms with Crippen molar-refractivity contribution in [3.63, 3.8) is 0 Å². The van der Waals surface area contributed by atoms with Gasteiger partial charge in [0.25, 0.3) is 0 Å². The molecule has 82 valence electrons. The number of fused-ring (bicyclic) bond motifs is 1. The quantitative estimate of drug-likeness (QED) is 0.668. The van der Waals surface area contributed by atoms with Crippen LogP contribution < -0.4 is 0 Å². The molecular weight excluding hydrogens is 194 g/mol. The standard InChI is InChI=1S/C15H17N/c1-16-11-14(12-7-3-2-4-8-12)13-9-5-6-10-15(13)16/h5-7,9-11H,2-4,8H2,1H3. The molecule has 0 radical (unpaired) electrons. The molecule has 0 fully saturated rings. The Kier molecular flexibility index (Phi) is 2.32. The monoisotopic (exact) mass is 211 g/mol. The topological polar surface area (TPSA) is 4.93 Å². The van der Waals surface area contributed by atoms with E-state index >= 15 is 0 Å². The summed E-state index contributed by atoms with van der Waals surface area (Å²) >= 11 is 0. The van der Waals surface area contributed by atoms with Crippen molar-refractivity contribution in [2.75, 3.05) is 0 Å². The summed E-state index contributed by atoms with van der Waals surface area (Å²) in [5.74, 6) is 0. The second kappa shape index (κ2) is 3.82. The number of aryl methyl sites for hydroxylation is 1. The van der Waals surface area contributed by atoms with E-state index in [1.54, 1.807) is 5.57 Å². The summed E-state index contributed by atoms with van der Waals surface area (Å²) in [6.45, 7) is 0. The van der Waals surface area contributed by atoms with E-state index in [0.717, 1.165) is 0 Å². The minimum atomic E-state index is 1.24. The van der Waals surface area contributed by atoms with Crippen molar-refractivity contribution in [1.29, 1.82) is 0 Å². The Morgan fingerprint density at radius 3 is 2.81 bits per heavy atom. The Morgan fingerprint density at radius 2 is 2.00 bits per heavy atom. The first-order valence-corrected chi connectivity index (χ1v) is 6.10. The van der Waals surface area contributed by atoms with Crippen LogP contribution in [0.4, 0.5) is 0 Å². The van der Waals surface area contributed by atoms with Crippen LogP contribution in [0.5, 0.6) is 0 Å². The molecule has 1 aromatic carbocycles. The van der Waals surface area contributed by atoms with Crippen LogP contribution in [0.3, 0.4) is 0 Å². The average Bonchev–Trinajstić information content (AvgIpc) is 2.69. The SMILES string of the molecule is Cn1cc(C2=CCCCC2)c2ccccc21. The van der Waals surface area contributed by atoms with Gasteiger partial charge in [0.2, 0.25) is 0 Å². The highest BCUT2D eigenvalue weighted by Crippen LogP contribution is 2.32. The number of aromatic nitrogens is 1. The summed E-state index contributed by atoms with van der Waals surface area (Å²) in [7, 11) is 2.13. The number of hydrogen-bond acceptors (Lipinski definition) is 0. The number of hydrogen-bond donors (Lipinski definition) is 0. The lowest BCUT2D eigenvalue weighted by Crippen LogP contribution is -1.90. The zero-order valence-corrected chi connectivity index (χ0v) is 9.74. The third-order valence-electron chi connectivity index (χ3n) is 3.53. The van der Waals surface area contributed by atoms with Crippen LogP contribution in [0.2, 0.25) is 0 Å². The van der Waals surface area contributed by atoms with E-state index in [9.17, 15) is 0 Å². The average molecular weight is 211 g/mol. The van der Waals surface area contributed by atoms with Gasteiger partial charge < -0.3 is 4.57 Å². The maximum Gasteiger partial charge on any atom is 0.0484 e. The molecule has 1 nitrogen and oxygen atoms in total. The van der Waals surface area contributed by atoms with Gasteiger partial charge in [-0.2, -0.15) is 0 Å². The minimum Gasteiger partial charge on any atom is -0.350 e. The molecule has 0 unspecified atom stereocenters. The lowest BCUT2D eigenvalue weighted by atomic mass is 9.93. The Bertz CT molecular complexity index is 546. The van der Waals surface area contributed by atoms with Crippen molar-refractivity contribution in [3.8, 4) is 0 Å². The summed E-state index contributed by atoms with van der Waals surface area (Å²) < 4.78 is 2.24. The second-order valence-electron chi connectivity index (χ2n) is 4.65. The summed E-state index contributed by atoms with van der Waals surface area (Å²) in [5, 5.41) is 1.40. The number of allylic oxidation sites excluding steroid dienone is 2. The molecule has 1 aliphatic carbocycles. The lowest BCUT2D eigenvalue weighted by Gasteiger charge is -2.11.